The Morgan fingerprint density at radius 3 is 2.00 bits per heavy atom. The maximum Gasteiger partial charge on any atom is 0.411 e. The smallest absolute Gasteiger partial charge is 0.411 e. The van der Waals surface area contributed by atoms with Gasteiger partial charge in [-0.1, -0.05) is 38.8 Å². The van der Waals surface area contributed by atoms with E-state index in [2.05, 4.69) is 5.32 Å². The molecule has 1 heterocycles. The zero-order valence-corrected chi connectivity index (χ0v) is 22.7. The average Bonchev–Trinajstić information content (AvgIpc) is 3.04. The van der Waals surface area contributed by atoms with Crippen LogP contribution in [-0.2, 0) is 19.1 Å². The number of carbonyl (C=O) groups is 3. The van der Waals surface area contributed by atoms with Crippen LogP contribution >= 0.6 is 0 Å². The summed E-state index contributed by atoms with van der Waals surface area (Å²) in [4.78, 5) is 40.4. The summed E-state index contributed by atoms with van der Waals surface area (Å²) in [5, 5.41) is 14.3. The maximum atomic E-state index is 13.5. The average molecular weight is 483 g/mol. The first kappa shape index (κ1) is 29.9. The third kappa shape index (κ3) is 8.29. The van der Waals surface area contributed by atoms with Gasteiger partial charge in [0.1, 0.15) is 17.2 Å². The minimum absolute atomic E-state index is 0.0934. The molecule has 0 aliphatic carbocycles. The Kier molecular flexibility index (Phi) is 10.6. The van der Waals surface area contributed by atoms with Crippen molar-refractivity contribution < 1.29 is 29.0 Å². The van der Waals surface area contributed by atoms with Crippen molar-refractivity contribution in [3.63, 3.8) is 0 Å². The molecule has 1 saturated heterocycles. The quantitative estimate of drug-likeness (QED) is 0.397. The van der Waals surface area contributed by atoms with E-state index in [4.69, 9.17) is 9.47 Å². The number of esters is 1. The van der Waals surface area contributed by atoms with Crippen molar-refractivity contribution in [3.05, 3.63) is 12.2 Å². The van der Waals surface area contributed by atoms with Gasteiger partial charge in [0, 0.05) is 12.8 Å². The number of likely N-dealkylation sites (tertiary alicyclic amines) is 1. The molecule has 1 fully saturated rings. The first-order chi connectivity index (χ1) is 15.6. The van der Waals surface area contributed by atoms with Gasteiger partial charge in [0.05, 0.1) is 18.2 Å². The summed E-state index contributed by atoms with van der Waals surface area (Å²) in [5.41, 5.74) is -1.53. The molecule has 5 atom stereocenters. The molecule has 0 aromatic heterocycles. The standard InChI is InChI=1S/C26H46N2O6/c1-11-14-18-15-19(23(31)33-25(5,6)7)28(24(32)34-26(8,9)10)21(18)20(27-16(4)29)22(30)17(12-2)13-3/h11,14,17-22,30H,12-13,15H2,1-10H3,(H,27,29)/b14-11-/t18-,19-,20-,21-,22+/m1/s1. The van der Waals surface area contributed by atoms with Crippen molar-refractivity contribution in [2.24, 2.45) is 11.8 Å². The minimum atomic E-state index is -0.918. The van der Waals surface area contributed by atoms with Crippen molar-refractivity contribution in [2.45, 2.75) is 124 Å². The lowest BCUT2D eigenvalue weighted by Crippen LogP contribution is -2.61. The summed E-state index contributed by atoms with van der Waals surface area (Å²) >= 11 is 0. The number of allylic oxidation sites excluding steroid dienone is 1. The SMILES string of the molecule is C/C=C\[C@@H]1C[C@H](C(=O)OC(C)(C)C)N(C(=O)OC(C)(C)C)[C@H]1[C@@H](NC(C)=O)[C@@H](O)C(CC)CC. The summed E-state index contributed by atoms with van der Waals surface area (Å²) in [6.07, 6.45) is 3.89. The van der Waals surface area contributed by atoms with Gasteiger partial charge in [-0.3, -0.25) is 9.69 Å². The van der Waals surface area contributed by atoms with Crippen molar-refractivity contribution in [1.29, 1.82) is 0 Å². The monoisotopic (exact) mass is 482 g/mol. The predicted molar refractivity (Wildman–Crippen MR) is 132 cm³/mol. The van der Waals surface area contributed by atoms with E-state index in [1.165, 1.54) is 11.8 Å². The van der Waals surface area contributed by atoms with Crippen LogP contribution in [0.15, 0.2) is 12.2 Å². The van der Waals surface area contributed by atoms with Gasteiger partial charge in [0.2, 0.25) is 5.91 Å². The van der Waals surface area contributed by atoms with E-state index in [1.807, 2.05) is 32.9 Å². The van der Waals surface area contributed by atoms with Crippen LogP contribution < -0.4 is 5.32 Å². The molecular formula is C26H46N2O6. The van der Waals surface area contributed by atoms with Crippen molar-refractivity contribution in [1.82, 2.24) is 10.2 Å². The molecule has 1 rings (SSSR count). The van der Waals surface area contributed by atoms with Gasteiger partial charge in [0.15, 0.2) is 0 Å². The van der Waals surface area contributed by atoms with Gasteiger partial charge in [-0.2, -0.15) is 0 Å². The summed E-state index contributed by atoms with van der Waals surface area (Å²) in [6.45, 7) is 17.8. The number of aliphatic hydroxyl groups excluding tert-OH is 1. The fraction of sp³-hybridized carbons (Fsp3) is 0.808. The highest BCUT2D eigenvalue weighted by Crippen LogP contribution is 2.38. The van der Waals surface area contributed by atoms with Crippen LogP contribution in [0.4, 0.5) is 4.79 Å². The van der Waals surface area contributed by atoms with Crippen LogP contribution in [0.3, 0.4) is 0 Å². The molecular weight excluding hydrogens is 436 g/mol. The molecule has 0 bridgehead atoms. The number of ether oxygens (including phenoxy) is 2. The number of nitrogens with one attached hydrogen (secondary N) is 1. The number of carbonyl (C=O) groups excluding carboxylic acids is 3. The Morgan fingerprint density at radius 1 is 1.06 bits per heavy atom. The second kappa shape index (κ2) is 12.0. The number of aliphatic hydroxyl groups is 1. The summed E-state index contributed by atoms with van der Waals surface area (Å²) < 4.78 is 11.4. The van der Waals surface area contributed by atoms with E-state index >= 15 is 0 Å². The third-order valence-electron chi connectivity index (χ3n) is 5.95. The van der Waals surface area contributed by atoms with Crippen LogP contribution in [0.25, 0.3) is 0 Å². The van der Waals surface area contributed by atoms with Crippen LogP contribution in [-0.4, -0.2) is 63.4 Å². The second-order valence-corrected chi connectivity index (χ2v) is 11.1. The van der Waals surface area contributed by atoms with E-state index in [0.29, 0.717) is 19.3 Å². The highest BCUT2D eigenvalue weighted by molar-refractivity contribution is 5.83. The molecule has 8 nitrogen and oxygen atoms in total. The van der Waals surface area contributed by atoms with Crippen LogP contribution in [0, 0.1) is 11.8 Å². The molecule has 1 aliphatic heterocycles. The molecule has 2 amide bonds. The van der Waals surface area contributed by atoms with Crippen LogP contribution in [0.2, 0.25) is 0 Å². The van der Waals surface area contributed by atoms with Crippen molar-refractivity contribution in [3.8, 4) is 0 Å². The Bertz CT molecular complexity index is 733. The third-order valence-corrected chi connectivity index (χ3v) is 5.95. The first-order valence-electron chi connectivity index (χ1n) is 12.4. The Hall–Kier alpha value is -2.09. The van der Waals surface area contributed by atoms with Crippen molar-refractivity contribution >= 4 is 18.0 Å². The topological polar surface area (TPSA) is 105 Å². The fourth-order valence-corrected chi connectivity index (χ4v) is 4.62. The van der Waals surface area contributed by atoms with Gasteiger partial charge < -0.3 is 19.9 Å². The van der Waals surface area contributed by atoms with E-state index in [0.717, 1.165) is 0 Å². The van der Waals surface area contributed by atoms with Gasteiger partial charge in [-0.15, -0.1) is 0 Å². The maximum absolute atomic E-state index is 13.5. The largest absolute Gasteiger partial charge is 0.458 e. The molecule has 0 radical (unpaired) electrons. The summed E-state index contributed by atoms with van der Waals surface area (Å²) in [6, 6.07) is -2.39. The summed E-state index contributed by atoms with van der Waals surface area (Å²) in [7, 11) is 0. The predicted octanol–water partition coefficient (Wildman–Crippen LogP) is 4.20. The normalized spacial score (nSPS) is 23.2. The van der Waals surface area contributed by atoms with Crippen molar-refractivity contribution in [2.75, 3.05) is 0 Å². The number of hydrogen-bond donors (Lipinski definition) is 2. The van der Waals surface area contributed by atoms with Gasteiger partial charge in [-0.05, 0) is 60.8 Å². The molecule has 8 heteroatoms. The highest BCUT2D eigenvalue weighted by Gasteiger charge is 2.53. The van der Waals surface area contributed by atoms with Gasteiger partial charge >= 0.3 is 12.1 Å². The molecule has 0 aromatic rings. The van der Waals surface area contributed by atoms with Crippen LogP contribution in [0.5, 0.6) is 0 Å². The Balaban J connectivity index is 3.65. The molecule has 0 spiro atoms. The van der Waals surface area contributed by atoms with E-state index in [1.54, 1.807) is 41.5 Å². The fourth-order valence-electron chi connectivity index (χ4n) is 4.62. The Morgan fingerprint density at radius 2 is 1.59 bits per heavy atom. The van der Waals surface area contributed by atoms with Gasteiger partial charge in [0.25, 0.3) is 0 Å². The molecule has 34 heavy (non-hydrogen) atoms. The highest BCUT2D eigenvalue weighted by atomic mass is 16.6. The summed E-state index contributed by atoms with van der Waals surface area (Å²) in [5.74, 6) is -1.24. The molecule has 196 valence electrons. The first-order valence-corrected chi connectivity index (χ1v) is 12.4. The molecule has 0 saturated carbocycles. The second-order valence-electron chi connectivity index (χ2n) is 11.1. The Labute approximate surface area is 205 Å². The molecule has 0 unspecified atom stereocenters. The van der Waals surface area contributed by atoms with Crippen LogP contribution in [0.1, 0.15) is 88.5 Å². The lowest BCUT2D eigenvalue weighted by atomic mass is 9.83. The number of rotatable bonds is 8. The zero-order chi connectivity index (χ0) is 26.4. The molecule has 1 aliphatic rings. The minimum Gasteiger partial charge on any atom is -0.458 e. The van der Waals surface area contributed by atoms with E-state index in [9.17, 15) is 19.5 Å². The molecule has 2 N–H and O–H groups in total. The number of amides is 2. The van der Waals surface area contributed by atoms with Gasteiger partial charge in [-0.25, -0.2) is 9.59 Å². The zero-order valence-electron chi connectivity index (χ0n) is 22.7. The van der Waals surface area contributed by atoms with E-state index < -0.39 is 47.5 Å². The lowest BCUT2D eigenvalue weighted by molar-refractivity contribution is -0.160. The molecule has 0 aromatic carbocycles. The number of nitrogens with zero attached hydrogens (tertiary/aromatic N) is 1. The lowest BCUT2D eigenvalue weighted by Gasteiger charge is -2.40. The van der Waals surface area contributed by atoms with E-state index in [-0.39, 0.29) is 17.7 Å². The number of hydrogen-bond acceptors (Lipinski definition) is 6.